The standard InChI is InChI=1S/C12H15BrF3NO3S/c1-2-21(18,19)7-3-6-17-9-4-5-11(10(13)8-9)20-12(14,15)16/h4-5,8,17H,2-3,6-7H2,1H3. The minimum Gasteiger partial charge on any atom is -0.405 e. The summed E-state index contributed by atoms with van der Waals surface area (Å²) in [6, 6.07) is 4.05. The number of hydrogen-bond acceptors (Lipinski definition) is 4. The van der Waals surface area contributed by atoms with Crippen molar-refractivity contribution in [3.63, 3.8) is 0 Å². The van der Waals surface area contributed by atoms with Crippen LogP contribution in [0, 0.1) is 0 Å². The summed E-state index contributed by atoms with van der Waals surface area (Å²) >= 11 is 2.99. The summed E-state index contributed by atoms with van der Waals surface area (Å²) in [5.74, 6) is -0.156. The van der Waals surface area contributed by atoms with Gasteiger partial charge in [0.05, 0.1) is 10.2 Å². The maximum Gasteiger partial charge on any atom is 0.573 e. The van der Waals surface area contributed by atoms with Crippen LogP contribution < -0.4 is 10.1 Å². The van der Waals surface area contributed by atoms with Gasteiger partial charge in [0.15, 0.2) is 0 Å². The molecule has 0 unspecified atom stereocenters. The molecule has 1 aromatic rings. The normalized spacial score (nSPS) is 12.2. The van der Waals surface area contributed by atoms with E-state index in [0.29, 0.717) is 18.7 Å². The Morgan fingerprint density at radius 2 is 2.00 bits per heavy atom. The number of anilines is 1. The largest absolute Gasteiger partial charge is 0.573 e. The molecule has 0 saturated carbocycles. The zero-order chi connectivity index (χ0) is 16.1. The SMILES string of the molecule is CCS(=O)(=O)CCCNc1ccc(OC(F)(F)F)c(Br)c1. The van der Waals surface area contributed by atoms with Crippen molar-refractivity contribution in [2.24, 2.45) is 0 Å². The summed E-state index contributed by atoms with van der Waals surface area (Å²) in [6.07, 6.45) is -4.32. The van der Waals surface area contributed by atoms with Crippen LogP contribution in [0.4, 0.5) is 18.9 Å². The van der Waals surface area contributed by atoms with E-state index in [1.165, 1.54) is 18.2 Å². The van der Waals surface area contributed by atoms with Crippen LogP contribution >= 0.6 is 15.9 Å². The Labute approximate surface area is 129 Å². The van der Waals surface area contributed by atoms with Gasteiger partial charge in [0.25, 0.3) is 0 Å². The highest BCUT2D eigenvalue weighted by atomic mass is 79.9. The summed E-state index contributed by atoms with van der Waals surface area (Å²) in [4.78, 5) is 0. The number of rotatable bonds is 7. The molecule has 0 radical (unpaired) electrons. The van der Waals surface area contributed by atoms with Crippen molar-refractivity contribution in [3.05, 3.63) is 22.7 Å². The number of nitrogens with one attached hydrogen (secondary N) is 1. The Balaban J connectivity index is 2.53. The second kappa shape index (κ2) is 7.35. The number of benzene rings is 1. The van der Waals surface area contributed by atoms with E-state index in [2.05, 4.69) is 26.0 Å². The molecule has 21 heavy (non-hydrogen) atoms. The molecule has 0 aromatic heterocycles. The van der Waals surface area contributed by atoms with Crippen LogP contribution in [0.1, 0.15) is 13.3 Å². The Hall–Kier alpha value is -0.960. The fourth-order valence-electron chi connectivity index (χ4n) is 1.49. The van der Waals surface area contributed by atoms with E-state index in [1.807, 2.05) is 0 Å². The molecular weight excluding hydrogens is 375 g/mol. The molecule has 1 N–H and O–H groups in total. The van der Waals surface area contributed by atoms with Gasteiger partial charge in [-0.15, -0.1) is 13.2 Å². The molecule has 0 heterocycles. The van der Waals surface area contributed by atoms with Crippen molar-refractivity contribution in [2.75, 3.05) is 23.4 Å². The molecule has 0 spiro atoms. The third-order valence-electron chi connectivity index (χ3n) is 2.56. The van der Waals surface area contributed by atoms with E-state index in [4.69, 9.17) is 0 Å². The minimum atomic E-state index is -4.74. The van der Waals surface area contributed by atoms with Gasteiger partial charge in [-0.3, -0.25) is 0 Å². The molecule has 0 fully saturated rings. The van der Waals surface area contributed by atoms with Crippen molar-refractivity contribution < 1.29 is 26.3 Å². The summed E-state index contributed by atoms with van der Waals surface area (Å²) in [5.41, 5.74) is 0.574. The lowest BCUT2D eigenvalue weighted by Gasteiger charge is -2.12. The molecular formula is C12H15BrF3NO3S. The molecule has 4 nitrogen and oxygen atoms in total. The van der Waals surface area contributed by atoms with Crippen LogP contribution in [0.2, 0.25) is 0 Å². The minimum absolute atomic E-state index is 0.0763. The first-order chi connectivity index (χ1) is 9.63. The monoisotopic (exact) mass is 389 g/mol. The van der Waals surface area contributed by atoms with Crippen LogP contribution in [0.3, 0.4) is 0 Å². The van der Waals surface area contributed by atoms with Gasteiger partial charge in [-0.25, -0.2) is 8.42 Å². The first-order valence-electron chi connectivity index (χ1n) is 6.12. The van der Waals surface area contributed by atoms with Gasteiger partial charge in [0.2, 0.25) is 0 Å². The van der Waals surface area contributed by atoms with E-state index in [-0.39, 0.29) is 21.7 Å². The number of alkyl halides is 3. The summed E-state index contributed by atoms with van der Waals surface area (Å²) in [5, 5.41) is 2.94. The second-order valence-corrected chi connectivity index (χ2v) is 7.54. The van der Waals surface area contributed by atoms with E-state index < -0.39 is 16.2 Å². The van der Waals surface area contributed by atoms with E-state index in [0.717, 1.165) is 0 Å². The first kappa shape index (κ1) is 18.1. The quantitative estimate of drug-likeness (QED) is 0.724. The van der Waals surface area contributed by atoms with Crippen molar-refractivity contribution in [1.29, 1.82) is 0 Å². The summed E-state index contributed by atoms with van der Waals surface area (Å²) in [7, 11) is -3.00. The highest BCUT2D eigenvalue weighted by Crippen LogP contribution is 2.32. The van der Waals surface area contributed by atoms with Gasteiger partial charge in [0, 0.05) is 18.0 Å². The van der Waals surface area contributed by atoms with Gasteiger partial charge in [-0.05, 0) is 40.5 Å². The molecule has 0 aliphatic carbocycles. The number of sulfone groups is 1. The molecule has 0 bridgehead atoms. The van der Waals surface area contributed by atoms with Crippen LogP contribution in [0.25, 0.3) is 0 Å². The van der Waals surface area contributed by atoms with Crippen molar-refractivity contribution in [1.82, 2.24) is 0 Å². The van der Waals surface area contributed by atoms with Crippen LogP contribution in [0.5, 0.6) is 5.75 Å². The Bertz CT molecular complexity index is 576. The summed E-state index contributed by atoms with van der Waals surface area (Å²) in [6.45, 7) is 1.99. The first-order valence-corrected chi connectivity index (χ1v) is 8.74. The van der Waals surface area contributed by atoms with Crippen LogP contribution in [0.15, 0.2) is 22.7 Å². The molecule has 0 aliphatic rings. The van der Waals surface area contributed by atoms with E-state index >= 15 is 0 Å². The number of hydrogen-bond donors (Lipinski definition) is 1. The van der Waals surface area contributed by atoms with Gasteiger partial charge < -0.3 is 10.1 Å². The zero-order valence-electron chi connectivity index (χ0n) is 11.2. The van der Waals surface area contributed by atoms with Gasteiger partial charge in [0.1, 0.15) is 15.6 Å². The predicted octanol–water partition coefficient (Wildman–Crippen LogP) is 3.58. The van der Waals surface area contributed by atoms with Crippen molar-refractivity contribution in [3.8, 4) is 5.75 Å². The average molecular weight is 390 g/mol. The molecule has 0 saturated heterocycles. The molecule has 120 valence electrons. The molecule has 9 heteroatoms. The second-order valence-electron chi connectivity index (χ2n) is 4.21. The molecule has 1 aromatic carbocycles. The molecule has 0 amide bonds. The average Bonchev–Trinajstić information content (AvgIpc) is 2.36. The fraction of sp³-hybridized carbons (Fsp3) is 0.500. The van der Waals surface area contributed by atoms with E-state index in [9.17, 15) is 21.6 Å². The zero-order valence-corrected chi connectivity index (χ0v) is 13.6. The van der Waals surface area contributed by atoms with Gasteiger partial charge in [-0.2, -0.15) is 0 Å². The topological polar surface area (TPSA) is 55.4 Å². The summed E-state index contributed by atoms with van der Waals surface area (Å²) < 4.78 is 62.8. The maximum absolute atomic E-state index is 12.1. The number of ether oxygens (including phenoxy) is 1. The van der Waals surface area contributed by atoms with Gasteiger partial charge >= 0.3 is 6.36 Å². The van der Waals surface area contributed by atoms with Crippen LogP contribution in [-0.2, 0) is 9.84 Å². The molecule has 0 atom stereocenters. The van der Waals surface area contributed by atoms with Gasteiger partial charge in [-0.1, -0.05) is 6.92 Å². The Kier molecular flexibility index (Phi) is 6.33. The molecule has 0 aliphatic heterocycles. The fourth-order valence-corrected chi connectivity index (χ4v) is 2.82. The molecule has 1 rings (SSSR count). The predicted molar refractivity (Wildman–Crippen MR) is 78.3 cm³/mol. The lowest BCUT2D eigenvalue weighted by molar-refractivity contribution is -0.274. The lowest BCUT2D eigenvalue weighted by atomic mass is 10.3. The highest BCUT2D eigenvalue weighted by molar-refractivity contribution is 9.10. The Morgan fingerprint density at radius 3 is 2.52 bits per heavy atom. The highest BCUT2D eigenvalue weighted by Gasteiger charge is 2.31. The number of halogens is 4. The van der Waals surface area contributed by atoms with E-state index in [1.54, 1.807) is 6.92 Å². The maximum atomic E-state index is 12.1. The van der Waals surface area contributed by atoms with Crippen molar-refractivity contribution >= 4 is 31.5 Å². The van der Waals surface area contributed by atoms with Crippen LogP contribution in [-0.4, -0.2) is 32.8 Å². The Morgan fingerprint density at radius 1 is 1.33 bits per heavy atom. The third-order valence-corrected chi connectivity index (χ3v) is 4.97. The third kappa shape index (κ3) is 7.03. The lowest BCUT2D eigenvalue weighted by Crippen LogP contribution is -2.17. The van der Waals surface area contributed by atoms with Crippen molar-refractivity contribution in [2.45, 2.75) is 19.7 Å². The smallest absolute Gasteiger partial charge is 0.405 e.